The van der Waals surface area contributed by atoms with Gasteiger partial charge in [0, 0.05) is 38.7 Å². The number of aryl methyl sites for hydroxylation is 1. The lowest BCUT2D eigenvalue weighted by atomic mass is 10.1. The van der Waals surface area contributed by atoms with Crippen LogP contribution in [0.15, 0.2) is 60.7 Å². The van der Waals surface area contributed by atoms with E-state index in [0.717, 1.165) is 25.0 Å². The van der Waals surface area contributed by atoms with Gasteiger partial charge in [0.25, 0.3) is 0 Å². The molecule has 3 rings (SSSR count). The van der Waals surface area contributed by atoms with Crippen LogP contribution in [-0.2, 0) is 22.2 Å². The minimum atomic E-state index is -4.42. The molecule has 0 spiro atoms. The lowest BCUT2D eigenvalue weighted by molar-refractivity contribution is -0.137. The number of carbonyl (C=O) groups is 2. The van der Waals surface area contributed by atoms with Crippen LogP contribution in [0.1, 0.15) is 29.5 Å². The van der Waals surface area contributed by atoms with Crippen LogP contribution in [0.3, 0.4) is 0 Å². The van der Waals surface area contributed by atoms with Gasteiger partial charge in [-0.3, -0.25) is 9.59 Å². The molecule has 2 amide bonds. The highest BCUT2D eigenvalue weighted by Gasteiger charge is 2.30. The van der Waals surface area contributed by atoms with Crippen molar-refractivity contribution in [1.82, 2.24) is 9.80 Å². The molecule has 31 heavy (non-hydrogen) atoms. The van der Waals surface area contributed by atoms with Gasteiger partial charge in [-0.05, 0) is 42.2 Å². The number of rotatable bonds is 6. The van der Waals surface area contributed by atoms with Crippen LogP contribution in [0.4, 0.5) is 13.2 Å². The maximum atomic E-state index is 12.8. The highest BCUT2D eigenvalue weighted by Crippen LogP contribution is 2.29. The zero-order valence-corrected chi connectivity index (χ0v) is 17.1. The van der Waals surface area contributed by atoms with Gasteiger partial charge in [0.15, 0.2) is 0 Å². The third-order valence-corrected chi connectivity index (χ3v) is 5.28. The Morgan fingerprint density at radius 1 is 0.903 bits per heavy atom. The minimum absolute atomic E-state index is 0.0857. The van der Waals surface area contributed by atoms with Crippen molar-refractivity contribution >= 4 is 17.9 Å². The second-order valence-electron chi connectivity index (χ2n) is 7.50. The van der Waals surface area contributed by atoms with Crippen LogP contribution in [0.2, 0.25) is 0 Å². The van der Waals surface area contributed by atoms with E-state index in [9.17, 15) is 22.8 Å². The molecular weight excluding hydrogens is 405 g/mol. The number of hydrogen-bond acceptors (Lipinski definition) is 2. The molecule has 1 fully saturated rings. The van der Waals surface area contributed by atoms with E-state index in [4.69, 9.17) is 0 Å². The summed E-state index contributed by atoms with van der Waals surface area (Å²) in [7, 11) is 0. The summed E-state index contributed by atoms with van der Waals surface area (Å²) in [4.78, 5) is 28.2. The Bertz CT molecular complexity index is 918. The van der Waals surface area contributed by atoms with Gasteiger partial charge in [-0.2, -0.15) is 13.2 Å². The van der Waals surface area contributed by atoms with E-state index in [0.29, 0.717) is 38.2 Å². The van der Waals surface area contributed by atoms with E-state index in [1.54, 1.807) is 9.80 Å². The summed E-state index contributed by atoms with van der Waals surface area (Å²) < 4.78 is 38.4. The van der Waals surface area contributed by atoms with Gasteiger partial charge in [0.2, 0.25) is 11.8 Å². The van der Waals surface area contributed by atoms with Gasteiger partial charge >= 0.3 is 6.18 Å². The summed E-state index contributed by atoms with van der Waals surface area (Å²) in [5, 5.41) is 0. The van der Waals surface area contributed by atoms with Crippen molar-refractivity contribution in [1.29, 1.82) is 0 Å². The molecule has 2 aromatic carbocycles. The molecule has 1 heterocycles. The average Bonchev–Trinajstić information content (AvgIpc) is 2.78. The summed E-state index contributed by atoms with van der Waals surface area (Å²) >= 11 is 0. The molecule has 1 aliphatic heterocycles. The largest absolute Gasteiger partial charge is 0.416 e. The summed E-state index contributed by atoms with van der Waals surface area (Å²) in [6, 6.07) is 14.8. The van der Waals surface area contributed by atoms with Crippen LogP contribution in [0.5, 0.6) is 0 Å². The zero-order valence-electron chi connectivity index (χ0n) is 17.1. The van der Waals surface area contributed by atoms with Crippen molar-refractivity contribution in [2.75, 3.05) is 26.2 Å². The maximum Gasteiger partial charge on any atom is 0.416 e. The average molecular weight is 430 g/mol. The number of piperazine rings is 1. The first-order valence-electron chi connectivity index (χ1n) is 10.3. The van der Waals surface area contributed by atoms with Crippen molar-refractivity contribution in [3.63, 3.8) is 0 Å². The van der Waals surface area contributed by atoms with Crippen molar-refractivity contribution in [3.8, 4) is 0 Å². The highest BCUT2D eigenvalue weighted by molar-refractivity contribution is 5.92. The van der Waals surface area contributed by atoms with E-state index < -0.39 is 11.7 Å². The van der Waals surface area contributed by atoms with E-state index in [-0.39, 0.29) is 11.8 Å². The number of carbonyl (C=O) groups excluding carboxylic acids is 2. The predicted octanol–water partition coefficient (Wildman–Crippen LogP) is 4.41. The van der Waals surface area contributed by atoms with Crippen LogP contribution < -0.4 is 0 Å². The Labute approximate surface area is 180 Å². The Morgan fingerprint density at radius 3 is 2.26 bits per heavy atom. The number of alkyl halides is 3. The maximum absolute atomic E-state index is 12.8. The smallest absolute Gasteiger partial charge is 0.339 e. The molecule has 0 N–H and O–H groups in total. The van der Waals surface area contributed by atoms with E-state index in [1.165, 1.54) is 29.8 Å². The minimum Gasteiger partial charge on any atom is -0.339 e. The van der Waals surface area contributed by atoms with Crippen LogP contribution in [-0.4, -0.2) is 47.8 Å². The van der Waals surface area contributed by atoms with Gasteiger partial charge < -0.3 is 9.80 Å². The van der Waals surface area contributed by atoms with Crippen LogP contribution in [0.25, 0.3) is 6.08 Å². The van der Waals surface area contributed by atoms with E-state index in [1.807, 2.05) is 30.3 Å². The topological polar surface area (TPSA) is 40.6 Å². The Hall–Kier alpha value is -3.09. The monoisotopic (exact) mass is 430 g/mol. The summed E-state index contributed by atoms with van der Waals surface area (Å²) in [5.41, 5.74) is 0.773. The number of nitrogens with zero attached hydrogens (tertiary/aromatic N) is 2. The molecule has 0 bridgehead atoms. The summed E-state index contributed by atoms with van der Waals surface area (Å²) in [6.45, 7) is 1.76. The molecular formula is C24H25F3N2O2. The highest BCUT2D eigenvalue weighted by atomic mass is 19.4. The quantitative estimate of drug-likeness (QED) is 0.637. The third-order valence-electron chi connectivity index (χ3n) is 5.28. The Balaban J connectivity index is 1.44. The first-order chi connectivity index (χ1) is 14.8. The van der Waals surface area contributed by atoms with Gasteiger partial charge in [0.05, 0.1) is 5.56 Å². The van der Waals surface area contributed by atoms with Crippen molar-refractivity contribution < 1.29 is 22.8 Å². The molecule has 0 saturated carbocycles. The Morgan fingerprint density at radius 2 is 1.58 bits per heavy atom. The fraction of sp³-hybridized carbons (Fsp3) is 0.333. The first-order valence-corrected chi connectivity index (χ1v) is 10.3. The number of benzene rings is 2. The molecule has 7 heteroatoms. The molecule has 0 aromatic heterocycles. The van der Waals surface area contributed by atoms with E-state index in [2.05, 4.69) is 0 Å². The standard InChI is InChI=1S/C24H25F3N2O2/c25-24(26,27)21-10-4-9-20(18-21)12-13-23(31)29-16-14-28(15-17-29)22(30)11-5-8-19-6-2-1-3-7-19/h1-4,6-7,9-10,12-13,18H,5,8,11,14-17H2/b13-12+. The van der Waals surface area contributed by atoms with Crippen molar-refractivity contribution in [2.24, 2.45) is 0 Å². The molecule has 164 valence electrons. The normalized spacial score (nSPS) is 14.8. The predicted molar refractivity (Wildman–Crippen MR) is 113 cm³/mol. The summed E-state index contributed by atoms with van der Waals surface area (Å²) in [5.74, 6) is -0.184. The number of halogens is 3. The Kier molecular flexibility index (Phi) is 7.50. The lowest BCUT2D eigenvalue weighted by Crippen LogP contribution is -2.50. The molecule has 1 saturated heterocycles. The second kappa shape index (κ2) is 10.3. The van der Waals surface area contributed by atoms with Gasteiger partial charge in [-0.1, -0.05) is 42.5 Å². The zero-order chi connectivity index (χ0) is 22.3. The van der Waals surface area contributed by atoms with Crippen molar-refractivity contribution in [2.45, 2.75) is 25.4 Å². The molecule has 2 aromatic rings. The summed E-state index contributed by atoms with van der Waals surface area (Å²) in [6.07, 6.45) is 0.356. The lowest BCUT2D eigenvalue weighted by Gasteiger charge is -2.34. The van der Waals surface area contributed by atoms with Crippen LogP contribution in [0, 0.1) is 0 Å². The molecule has 0 radical (unpaired) electrons. The molecule has 0 atom stereocenters. The second-order valence-corrected chi connectivity index (χ2v) is 7.50. The van der Waals surface area contributed by atoms with E-state index >= 15 is 0 Å². The fourth-order valence-corrected chi connectivity index (χ4v) is 3.51. The fourth-order valence-electron chi connectivity index (χ4n) is 3.51. The molecule has 4 nitrogen and oxygen atoms in total. The van der Waals surface area contributed by atoms with Gasteiger partial charge in [0.1, 0.15) is 0 Å². The number of hydrogen-bond donors (Lipinski definition) is 0. The van der Waals surface area contributed by atoms with Crippen LogP contribution >= 0.6 is 0 Å². The SMILES string of the molecule is O=C(/C=C/c1cccc(C(F)(F)F)c1)N1CCN(C(=O)CCCc2ccccc2)CC1. The third kappa shape index (κ3) is 6.70. The van der Waals surface area contributed by atoms with Gasteiger partial charge in [-0.15, -0.1) is 0 Å². The van der Waals surface area contributed by atoms with Gasteiger partial charge in [-0.25, -0.2) is 0 Å². The molecule has 0 aliphatic carbocycles. The first kappa shape index (κ1) is 22.6. The molecule has 1 aliphatic rings. The van der Waals surface area contributed by atoms with Crippen molar-refractivity contribution in [3.05, 3.63) is 77.4 Å². The molecule has 0 unspecified atom stereocenters. The number of amides is 2.